The van der Waals surface area contributed by atoms with Gasteiger partial charge in [-0.3, -0.25) is 14.3 Å². The van der Waals surface area contributed by atoms with E-state index in [1.54, 1.807) is 41.3 Å². The summed E-state index contributed by atoms with van der Waals surface area (Å²) in [6, 6.07) is 13.3. The lowest BCUT2D eigenvalue weighted by molar-refractivity contribution is -0.117. The van der Waals surface area contributed by atoms with Gasteiger partial charge >= 0.3 is 0 Å². The van der Waals surface area contributed by atoms with Gasteiger partial charge in [0.15, 0.2) is 0 Å². The summed E-state index contributed by atoms with van der Waals surface area (Å²) in [5.74, 6) is -0.354. The highest BCUT2D eigenvalue weighted by molar-refractivity contribution is 7.92. The quantitative estimate of drug-likeness (QED) is 0.841. The number of carbonyl (C=O) groups is 2. The number of hydrogen-bond acceptors (Lipinski definition) is 4. The molecule has 0 atom stereocenters. The number of nitrogens with zero attached hydrogens (tertiary/aromatic N) is 1. The first kappa shape index (κ1) is 17.9. The number of benzene rings is 2. The van der Waals surface area contributed by atoms with Crippen LogP contribution in [0, 0.1) is 0 Å². The summed E-state index contributed by atoms with van der Waals surface area (Å²) in [6.45, 7) is 0.624. The number of para-hydroxylation sites is 2. The average Bonchev–Trinajstić information content (AvgIpc) is 3.00. The van der Waals surface area contributed by atoms with Crippen molar-refractivity contribution in [3.8, 4) is 0 Å². The molecule has 1 aliphatic rings. The maximum absolute atomic E-state index is 12.6. The monoisotopic (exact) mass is 373 g/mol. The first-order chi connectivity index (χ1) is 12.3. The molecule has 1 fully saturated rings. The van der Waals surface area contributed by atoms with E-state index in [0.29, 0.717) is 35.6 Å². The number of sulfonamides is 1. The van der Waals surface area contributed by atoms with Gasteiger partial charge < -0.3 is 10.2 Å². The molecule has 2 aromatic carbocycles. The molecule has 0 unspecified atom stereocenters. The van der Waals surface area contributed by atoms with Crippen molar-refractivity contribution in [2.75, 3.05) is 27.7 Å². The Kier molecular flexibility index (Phi) is 4.94. The molecule has 0 radical (unpaired) electrons. The zero-order valence-corrected chi connectivity index (χ0v) is 15.0. The SMILES string of the molecule is CS(=O)(=O)Nc1cccc(C(=O)Nc2ccccc2N2CCCC2=O)c1. The number of carbonyl (C=O) groups excluding carboxylic acids is 2. The lowest BCUT2D eigenvalue weighted by atomic mass is 10.1. The summed E-state index contributed by atoms with van der Waals surface area (Å²) in [6.07, 6.45) is 2.34. The molecule has 2 N–H and O–H groups in total. The largest absolute Gasteiger partial charge is 0.320 e. The highest BCUT2D eigenvalue weighted by Crippen LogP contribution is 2.29. The maximum Gasteiger partial charge on any atom is 0.255 e. The van der Waals surface area contributed by atoms with Crippen molar-refractivity contribution in [2.24, 2.45) is 0 Å². The first-order valence-electron chi connectivity index (χ1n) is 8.12. The van der Waals surface area contributed by atoms with Gasteiger partial charge in [-0.1, -0.05) is 18.2 Å². The number of hydrogen-bond donors (Lipinski definition) is 2. The van der Waals surface area contributed by atoms with Gasteiger partial charge in [-0.15, -0.1) is 0 Å². The summed E-state index contributed by atoms with van der Waals surface area (Å²) in [7, 11) is -3.43. The Bertz CT molecular complexity index is 956. The summed E-state index contributed by atoms with van der Waals surface area (Å²) in [4.78, 5) is 26.3. The maximum atomic E-state index is 12.6. The number of anilines is 3. The minimum Gasteiger partial charge on any atom is -0.320 e. The number of amides is 2. The Balaban J connectivity index is 1.83. The summed E-state index contributed by atoms with van der Waals surface area (Å²) >= 11 is 0. The van der Waals surface area contributed by atoms with E-state index in [1.165, 1.54) is 6.07 Å². The topological polar surface area (TPSA) is 95.6 Å². The van der Waals surface area contributed by atoms with E-state index in [-0.39, 0.29) is 11.8 Å². The van der Waals surface area contributed by atoms with Crippen LogP contribution >= 0.6 is 0 Å². The molecule has 2 aromatic rings. The Morgan fingerprint density at radius 1 is 1.12 bits per heavy atom. The Morgan fingerprint density at radius 2 is 1.88 bits per heavy atom. The van der Waals surface area contributed by atoms with Crippen molar-refractivity contribution in [3.05, 3.63) is 54.1 Å². The molecule has 0 spiro atoms. The molecule has 1 saturated heterocycles. The molecule has 7 nitrogen and oxygen atoms in total. The molecule has 2 amide bonds. The van der Waals surface area contributed by atoms with Crippen LogP contribution in [0.15, 0.2) is 48.5 Å². The Hall–Kier alpha value is -2.87. The molecule has 0 aliphatic carbocycles. The highest BCUT2D eigenvalue weighted by atomic mass is 32.2. The zero-order chi connectivity index (χ0) is 18.7. The fourth-order valence-corrected chi connectivity index (χ4v) is 3.41. The third kappa shape index (κ3) is 4.20. The van der Waals surface area contributed by atoms with Crippen molar-refractivity contribution < 1.29 is 18.0 Å². The molecule has 0 aromatic heterocycles. The average molecular weight is 373 g/mol. The van der Waals surface area contributed by atoms with E-state index in [0.717, 1.165) is 12.7 Å². The number of nitrogens with one attached hydrogen (secondary N) is 2. The standard InChI is InChI=1S/C18H19N3O4S/c1-26(24,25)20-14-7-4-6-13(12-14)18(23)19-15-8-2-3-9-16(15)21-11-5-10-17(21)22/h2-4,6-9,12,20H,5,10-11H2,1H3,(H,19,23). The van der Waals surface area contributed by atoms with Gasteiger partial charge in [0.05, 0.1) is 17.6 Å². The Morgan fingerprint density at radius 3 is 2.58 bits per heavy atom. The van der Waals surface area contributed by atoms with Gasteiger partial charge in [-0.05, 0) is 36.8 Å². The first-order valence-corrected chi connectivity index (χ1v) is 10.0. The van der Waals surface area contributed by atoms with Crippen LogP contribution < -0.4 is 14.9 Å². The number of rotatable bonds is 5. The van der Waals surface area contributed by atoms with Crippen LogP contribution in [0.1, 0.15) is 23.2 Å². The molecule has 8 heteroatoms. The smallest absolute Gasteiger partial charge is 0.255 e. The van der Waals surface area contributed by atoms with Gasteiger partial charge in [0.25, 0.3) is 5.91 Å². The van der Waals surface area contributed by atoms with E-state index < -0.39 is 10.0 Å². The molecule has 136 valence electrons. The van der Waals surface area contributed by atoms with Crippen LogP contribution in [0.3, 0.4) is 0 Å². The van der Waals surface area contributed by atoms with Gasteiger partial charge in [0.2, 0.25) is 15.9 Å². The van der Waals surface area contributed by atoms with Crippen LogP contribution in [0.5, 0.6) is 0 Å². The second-order valence-electron chi connectivity index (χ2n) is 6.08. The van der Waals surface area contributed by atoms with Crippen molar-refractivity contribution in [3.63, 3.8) is 0 Å². The van der Waals surface area contributed by atoms with Crippen molar-refractivity contribution in [1.82, 2.24) is 0 Å². The molecule has 1 heterocycles. The summed E-state index contributed by atoms with van der Waals surface area (Å²) in [5.41, 5.74) is 1.81. The van der Waals surface area contributed by atoms with Crippen molar-refractivity contribution >= 4 is 38.9 Å². The van der Waals surface area contributed by atoms with Crippen LogP contribution in [0.2, 0.25) is 0 Å². The fraction of sp³-hybridized carbons (Fsp3) is 0.222. The minimum atomic E-state index is -3.43. The molecule has 26 heavy (non-hydrogen) atoms. The molecule has 1 aliphatic heterocycles. The third-order valence-corrected chi connectivity index (χ3v) is 4.55. The molecule has 3 rings (SSSR count). The van der Waals surface area contributed by atoms with Crippen LogP contribution in [-0.2, 0) is 14.8 Å². The third-order valence-electron chi connectivity index (χ3n) is 3.94. The lowest BCUT2D eigenvalue weighted by Crippen LogP contribution is -2.25. The van der Waals surface area contributed by atoms with Crippen molar-refractivity contribution in [2.45, 2.75) is 12.8 Å². The van der Waals surface area contributed by atoms with Gasteiger partial charge in [-0.2, -0.15) is 0 Å². The van der Waals surface area contributed by atoms with E-state index in [2.05, 4.69) is 10.0 Å². The summed E-state index contributed by atoms with van der Waals surface area (Å²) < 4.78 is 25.0. The van der Waals surface area contributed by atoms with E-state index in [1.807, 2.05) is 6.07 Å². The normalized spacial score (nSPS) is 14.3. The van der Waals surface area contributed by atoms with Crippen LogP contribution in [0.25, 0.3) is 0 Å². The zero-order valence-electron chi connectivity index (χ0n) is 14.2. The van der Waals surface area contributed by atoms with E-state index in [4.69, 9.17) is 0 Å². The molecule has 0 bridgehead atoms. The second-order valence-corrected chi connectivity index (χ2v) is 7.82. The fourth-order valence-electron chi connectivity index (χ4n) is 2.85. The predicted octanol–water partition coefficient (Wildman–Crippen LogP) is 2.44. The molecular formula is C18H19N3O4S. The summed E-state index contributed by atoms with van der Waals surface area (Å²) in [5, 5.41) is 2.80. The predicted molar refractivity (Wildman–Crippen MR) is 101 cm³/mol. The highest BCUT2D eigenvalue weighted by Gasteiger charge is 2.24. The van der Waals surface area contributed by atoms with E-state index in [9.17, 15) is 18.0 Å². The van der Waals surface area contributed by atoms with Crippen LogP contribution in [0.4, 0.5) is 17.1 Å². The molecule has 0 saturated carbocycles. The lowest BCUT2D eigenvalue weighted by Gasteiger charge is -2.20. The van der Waals surface area contributed by atoms with Crippen molar-refractivity contribution in [1.29, 1.82) is 0 Å². The van der Waals surface area contributed by atoms with Gasteiger partial charge in [0, 0.05) is 24.2 Å². The minimum absolute atomic E-state index is 0.0334. The van der Waals surface area contributed by atoms with Gasteiger partial charge in [-0.25, -0.2) is 8.42 Å². The molecular weight excluding hydrogens is 354 g/mol. The second kappa shape index (κ2) is 7.17. The Labute approximate surface area is 152 Å². The van der Waals surface area contributed by atoms with Gasteiger partial charge in [0.1, 0.15) is 0 Å². The van der Waals surface area contributed by atoms with E-state index >= 15 is 0 Å². The van der Waals surface area contributed by atoms with Crippen LogP contribution in [-0.4, -0.2) is 33.0 Å².